The molecule has 0 unspecified atom stereocenters. The van der Waals surface area contributed by atoms with Crippen molar-refractivity contribution in [2.24, 2.45) is 5.73 Å². The molecule has 1 aromatic rings. The maximum Gasteiger partial charge on any atom is 0.223 e. The van der Waals surface area contributed by atoms with Gasteiger partial charge in [-0.15, -0.1) is 0 Å². The summed E-state index contributed by atoms with van der Waals surface area (Å²) >= 11 is 0. The Labute approximate surface area is 75.8 Å². The quantitative estimate of drug-likeness (QED) is 0.677. The Hall–Kier alpha value is -1.71. The van der Waals surface area contributed by atoms with E-state index >= 15 is 0 Å². The summed E-state index contributed by atoms with van der Waals surface area (Å²) in [6.45, 7) is 1.43. The normalized spacial score (nSPS) is 9.62. The van der Waals surface area contributed by atoms with Crippen LogP contribution in [0.2, 0.25) is 0 Å². The van der Waals surface area contributed by atoms with Gasteiger partial charge in [-0.2, -0.15) is 0 Å². The molecule has 0 aliphatic heterocycles. The molecule has 0 radical (unpaired) electrons. The van der Waals surface area contributed by atoms with E-state index in [-0.39, 0.29) is 12.2 Å². The Morgan fingerprint density at radius 2 is 2.23 bits per heavy atom. The van der Waals surface area contributed by atoms with Crippen molar-refractivity contribution in [3.63, 3.8) is 0 Å². The monoisotopic (exact) mass is 178 g/mol. The summed E-state index contributed by atoms with van der Waals surface area (Å²) < 4.78 is 0. The fraction of sp³-hybridized carbons (Fsp3) is 0.222. The van der Waals surface area contributed by atoms with Gasteiger partial charge in [-0.1, -0.05) is 0 Å². The molecule has 4 nitrogen and oxygen atoms in total. The van der Waals surface area contributed by atoms with Crippen LogP contribution < -0.4 is 5.73 Å². The number of primary amides is 1. The van der Waals surface area contributed by atoms with Crippen LogP contribution >= 0.6 is 0 Å². The van der Waals surface area contributed by atoms with Crippen molar-refractivity contribution in [2.75, 3.05) is 0 Å². The lowest BCUT2D eigenvalue weighted by Crippen LogP contribution is -2.16. The Balaban J connectivity index is 3.04. The van der Waals surface area contributed by atoms with Gasteiger partial charge in [-0.3, -0.25) is 14.6 Å². The third-order valence-electron chi connectivity index (χ3n) is 1.61. The summed E-state index contributed by atoms with van der Waals surface area (Å²) in [5, 5.41) is 0. The number of carbonyl (C=O) groups is 2. The smallest absolute Gasteiger partial charge is 0.223 e. The summed E-state index contributed by atoms with van der Waals surface area (Å²) in [6, 6.07) is 3.29. The number of carbonyl (C=O) groups excluding carboxylic acids is 2. The molecule has 0 fully saturated rings. The van der Waals surface area contributed by atoms with Gasteiger partial charge in [0.05, 0.1) is 12.1 Å². The summed E-state index contributed by atoms with van der Waals surface area (Å²) in [6.07, 6.45) is 1.54. The molecule has 0 atom stereocenters. The molecule has 1 aromatic heterocycles. The van der Waals surface area contributed by atoms with Crippen LogP contribution in [0.3, 0.4) is 0 Å². The minimum Gasteiger partial charge on any atom is -0.369 e. The van der Waals surface area contributed by atoms with Crippen LogP contribution in [-0.4, -0.2) is 16.7 Å². The van der Waals surface area contributed by atoms with Crippen molar-refractivity contribution in [1.29, 1.82) is 0 Å². The molecule has 13 heavy (non-hydrogen) atoms. The number of hydrogen-bond donors (Lipinski definition) is 1. The first-order valence-electron chi connectivity index (χ1n) is 3.84. The van der Waals surface area contributed by atoms with Crippen LogP contribution in [-0.2, 0) is 11.2 Å². The van der Waals surface area contributed by atoms with E-state index in [9.17, 15) is 9.59 Å². The van der Waals surface area contributed by atoms with Crippen LogP contribution in [0.1, 0.15) is 23.0 Å². The highest BCUT2D eigenvalue weighted by molar-refractivity contribution is 5.96. The fourth-order valence-electron chi connectivity index (χ4n) is 1.06. The van der Waals surface area contributed by atoms with Gasteiger partial charge in [-0.05, 0) is 19.1 Å². The number of nitrogens with two attached hydrogens (primary N) is 1. The van der Waals surface area contributed by atoms with Gasteiger partial charge >= 0.3 is 0 Å². The molecule has 0 saturated carbocycles. The topological polar surface area (TPSA) is 73.1 Å². The van der Waals surface area contributed by atoms with Crippen molar-refractivity contribution in [3.8, 4) is 0 Å². The van der Waals surface area contributed by atoms with Crippen LogP contribution in [0.25, 0.3) is 0 Å². The first kappa shape index (κ1) is 9.38. The standard InChI is InChI=1S/C9H10N2O2/c1-6(12)7-3-2-4-11-8(7)5-9(10)13/h2-4H,5H2,1H3,(H2,10,13). The Bertz CT molecular complexity index is 347. The van der Waals surface area contributed by atoms with Gasteiger partial charge in [0.15, 0.2) is 5.78 Å². The number of ketones is 1. The molecule has 1 rings (SSSR count). The minimum atomic E-state index is -0.485. The van der Waals surface area contributed by atoms with Crippen molar-refractivity contribution in [3.05, 3.63) is 29.6 Å². The lowest BCUT2D eigenvalue weighted by Gasteiger charge is -2.01. The van der Waals surface area contributed by atoms with Gasteiger partial charge in [0, 0.05) is 11.8 Å². The van der Waals surface area contributed by atoms with E-state index < -0.39 is 5.91 Å². The van der Waals surface area contributed by atoms with E-state index in [0.717, 1.165) is 0 Å². The first-order chi connectivity index (χ1) is 6.11. The zero-order valence-corrected chi connectivity index (χ0v) is 7.28. The maximum absolute atomic E-state index is 11.1. The van der Waals surface area contributed by atoms with Crippen molar-refractivity contribution >= 4 is 11.7 Å². The lowest BCUT2D eigenvalue weighted by atomic mass is 10.1. The molecule has 0 aliphatic carbocycles. The van der Waals surface area contributed by atoms with E-state index in [2.05, 4.69) is 4.98 Å². The van der Waals surface area contributed by atoms with Crippen LogP contribution in [0.4, 0.5) is 0 Å². The predicted molar refractivity (Wildman–Crippen MR) is 47.1 cm³/mol. The van der Waals surface area contributed by atoms with Gasteiger partial charge in [0.1, 0.15) is 0 Å². The van der Waals surface area contributed by atoms with Crippen molar-refractivity contribution < 1.29 is 9.59 Å². The van der Waals surface area contributed by atoms with Crippen LogP contribution in [0, 0.1) is 0 Å². The van der Waals surface area contributed by atoms with Crippen molar-refractivity contribution in [1.82, 2.24) is 4.98 Å². The molecular weight excluding hydrogens is 168 g/mol. The number of aromatic nitrogens is 1. The van der Waals surface area contributed by atoms with Gasteiger partial charge in [0.25, 0.3) is 0 Å². The van der Waals surface area contributed by atoms with E-state index in [1.807, 2.05) is 0 Å². The highest BCUT2D eigenvalue weighted by atomic mass is 16.1. The molecular formula is C9H10N2O2. The molecule has 0 saturated heterocycles. The molecule has 0 aliphatic rings. The number of amides is 1. The Kier molecular flexibility index (Phi) is 2.74. The molecule has 0 bridgehead atoms. The van der Waals surface area contributed by atoms with Crippen LogP contribution in [0.15, 0.2) is 18.3 Å². The van der Waals surface area contributed by atoms with E-state index in [1.54, 1.807) is 12.1 Å². The molecule has 4 heteroatoms. The van der Waals surface area contributed by atoms with E-state index in [0.29, 0.717) is 11.3 Å². The third-order valence-corrected chi connectivity index (χ3v) is 1.61. The Morgan fingerprint density at radius 1 is 1.54 bits per heavy atom. The zero-order chi connectivity index (χ0) is 9.84. The second kappa shape index (κ2) is 3.80. The second-order valence-electron chi connectivity index (χ2n) is 2.70. The number of rotatable bonds is 3. The van der Waals surface area contributed by atoms with Gasteiger partial charge < -0.3 is 5.73 Å². The molecule has 68 valence electrons. The van der Waals surface area contributed by atoms with Gasteiger partial charge in [-0.25, -0.2) is 0 Å². The molecule has 1 amide bonds. The van der Waals surface area contributed by atoms with Crippen molar-refractivity contribution in [2.45, 2.75) is 13.3 Å². The summed E-state index contributed by atoms with van der Waals surface area (Å²) in [5.41, 5.74) is 5.91. The first-order valence-corrected chi connectivity index (χ1v) is 3.84. The average molecular weight is 178 g/mol. The maximum atomic E-state index is 11.1. The Morgan fingerprint density at radius 3 is 2.77 bits per heavy atom. The number of hydrogen-bond acceptors (Lipinski definition) is 3. The zero-order valence-electron chi connectivity index (χ0n) is 7.28. The highest BCUT2D eigenvalue weighted by Gasteiger charge is 2.09. The number of Topliss-reactive ketones (excluding diaryl/α,β-unsaturated/α-hetero) is 1. The summed E-state index contributed by atoms with van der Waals surface area (Å²) in [5.74, 6) is -0.592. The molecule has 0 aromatic carbocycles. The predicted octanol–water partition coefficient (Wildman–Crippen LogP) is 0.312. The molecule has 1 heterocycles. The van der Waals surface area contributed by atoms with E-state index in [1.165, 1.54) is 13.1 Å². The van der Waals surface area contributed by atoms with Gasteiger partial charge in [0.2, 0.25) is 5.91 Å². The second-order valence-corrected chi connectivity index (χ2v) is 2.70. The van der Waals surface area contributed by atoms with E-state index in [4.69, 9.17) is 5.73 Å². The summed E-state index contributed by atoms with van der Waals surface area (Å²) in [4.78, 5) is 25.6. The lowest BCUT2D eigenvalue weighted by molar-refractivity contribution is -0.117. The fourth-order valence-corrected chi connectivity index (χ4v) is 1.06. The average Bonchev–Trinajstić information content (AvgIpc) is 2.03. The molecule has 2 N–H and O–H groups in total. The largest absolute Gasteiger partial charge is 0.369 e. The highest BCUT2D eigenvalue weighted by Crippen LogP contribution is 2.06. The minimum absolute atomic E-state index is 0.00968. The number of nitrogens with zero attached hydrogens (tertiary/aromatic N) is 1. The SMILES string of the molecule is CC(=O)c1cccnc1CC(N)=O. The summed E-state index contributed by atoms with van der Waals surface area (Å²) in [7, 11) is 0. The molecule has 0 spiro atoms. The third kappa shape index (κ3) is 2.37. The van der Waals surface area contributed by atoms with Crippen LogP contribution in [0.5, 0.6) is 0 Å². The number of pyridine rings is 1.